The maximum absolute atomic E-state index is 13.5. The predicted molar refractivity (Wildman–Crippen MR) is 68.5 cm³/mol. The van der Waals surface area contributed by atoms with Crippen molar-refractivity contribution in [2.24, 2.45) is 5.92 Å². The lowest BCUT2D eigenvalue weighted by Gasteiger charge is -2.09. The summed E-state index contributed by atoms with van der Waals surface area (Å²) in [5.41, 5.74) is 0.447. The van der Waals surface area contributed by atoms with Crippen molar-refractivity contribution in [3.8, 4) is 0 Å². The van der Waals surface area contributed by atoms with Crippen molar-refractivity contribution in [2.75, 3.05) is 13.7 Å². The lowest BCUT2D eigenvalue weighted by molar-refractivity contribution is -0.119. The fourth-order valence-corrected chi connectivity index (χ4v) is 2.01. The van der Waals surface area contributed by atoms with Crippen LogP contribution in [0.3, 0.4) is 0 Å². The number of carbonyl (C=O) groups is 1. The maximum atomic E-state index is 13.5. The van der Waals surface area contributed by atoms with Crippen LogP contribution in [-0.4, -0.2) is 19.5 Å². The molecule has 1 atom stereocenters. The van der Waals surface area contributed by atoms with Gasteiger partial charge in [-0.05, 0) is 23.6 Å². The van der Waals surface area contributed by atoms with Crippen LogP contribution in [0.5, 0.6) is 0 Å². The Hall–Kier alpha value is -0.740. The Balaban J connectivity index is 2.56. The summed E-state index contributed by atoms with van der Waals surface area (Å²) in [6, 6.07) is 4.75. The van der Waals surface area contributed by atoms with Crippen LogP contribution in [0, 0.1) is 11.7 Å². The van der Waals surface area contributed by atoms with Gasteiger partial charge in [-0.15, -0.1) is 0 Å². The third-order valence-electron chi connectivity index (χ3n) is 2.43. The molecule has 0 amide bonds. The Labute approximate surface area is 109 Å². The molecule has 1 aromatic carbocycles. The molecule has 0 aliphatic carbocycles. The molecule has 0 saturated carbocycles. The highest BCUT2D eigenvalue weighted by atomic mass is 79.9. The van der Waals surface area contributed by atoms with E-state index in [9.17, 15) is 9.18 Å². The molecular formula is C13H16BrFO2. The normalized spacial score (nSPS) is 12.5. The molecule has 0 aliphatic heterocycles. The molecule has 0 aliphatic rings. The monoisotopic (exact) mass is 302 g/mol. The minimum absolute atomic E-state index is 0.0378. The minimum Gasteiger partial charge on any atom is -0.384 e. The number of rotatable bonds is 6. The Bertz CT molecular complexity index is 393. The van der Waals surface area contributed by atoms with Gasteiger partial charge >= 0.3 is 0 Å². The second kappa shape index (κ2) is 6.87. The zero-order chi connectivity index (χ0) is 12.8. The first-order chi connectivity index (χ1) is 8.02. The highest BCUT2D eigenvalue weighted by molar-refractivity contribution is 9.10. The molecule has 0 heterocycles. The van der Waals surface area contributed by atoms with E-state index in [1.165, 1.54) is 6.07 Å². The average Bonchev–Trinajstić information content (AvgIpc) is 2.22. The summed E-state index contributed by atoms with van der Waals surface area (Å²) in [7, 11) is 1.61. The van der Waals surface area contributed by atoms with Gasteiger partial charge in [0.15, 0.2) is 0 Å². The van der Waals surface area contributed by atoms with Crippen molar-refractivity contribution < 1.29 is 13.9 Å². The number of benzene rings is 1. The number of ether oxygens (including phenoxy) is 1. The lowest BCUT2D eigenvalue weighted by atomic mass is 10.0. The molecule has 94 valence electrons. The van der Waals surface area contributed by atoms with E-state index in [-0.39, 0.29) is 23.9 Å². The van der Waals surface area contributed by atoms with Crippen LogP contribution >= 0.6 is 15.9 Å². The Kier molecular flexibility index (Phi) is 5.78. The number of hydrogen-bond donors (Lipinski definition) is 0. The molecular weight excluding hydrogens is 287 g/mol. The number of halogens is 2. The highest BCUT2D eigenvalue weighted by Gasteiger charge is 2.12. The Morgan fingerprint density at radius 3 is 2.82 bits per heavy atom. The fourth-order valence-electron chi connectivity index (χ4n) is 1.68. The molecule has 0 fully saturated rings. The second-order valence-electron chi connectivity index (χ2n) is 4.22. The number of carbonyl (C=O) groups excluding carboxylic acids is 1. The van der Waals surface area contributed by atoms with Gasteiger partial charge < -0.3 is 4.74 Å². The molecule has 0 saturated heterocycles. The zero-order valence-electron chi connectivity index (χ0n) is 10.0. The summed E-state index contributed by atoms with van der Waals surface area (Å²) in [6.07, 6.45) is 0.566. The molecule has 17 heavy (non-hydrogen) atoms. The van der Waals surface area contributed by atoms with E-state index in [0.29, 0.717) is 23.1 Å². The van der Waals surface area contributed by atoms with Gasteiger partial charge in [0.2, 0.25) is 0 Å². The smallest absolute Gasteiger partial charge is 0.137 e. The minimum atomic E-state index is -0.341. The van der Waals surface area contributed by atoms with Crippen LogP contribution < -0.4 is 0 Å². The third-order valence-corrected chi connectivity index (χ3v) is 2.92. The van der Waals surface area contributed by atoms with Crippen molar-refractivity contribution >= 4 is 21.7 Å². The topological polar surface area (TPSA) is 26.3 Å². The van der Waals surface area contributed by atoms with Gasteiger partial charge in [0.25, 0.3) is 0 Å². The standard InChI is InChI=1S/C13H16BrFO2/c1-9(8-17-2)5-12(16)6-10-3-4-11(14)7-13(10)15/h3-4,7,9H,5-6,8H2,1-2H3. The summed E-state index contributed by atoms with van der Waals surface area (Å²) < 4.78 is 19.1. The summed E-state index contributed by atoms with van der Waals surface area (Å²) in [5.74, 6) is -0.131. The summed E-state index contributed by atoms with van der Waals surface area (Å²) in [6.45, 7) is 2.49. The van der Waals surface area contributed by atoms with Gasteiger partial charge in [-0.3, -0.25) is 4.79 Å². The first kappa shape index (κ1) is 14.3. The lowest BCUT2D eigenvalue weighted by Crippen LogP contribution is -2.13. The van der Waals surface area contributed by atoms with Gasteiger partial charge in [-0.1, -0.05) is 28.9 Å². The molecule has 0 bridgehead atoms. The first-order valence-corrected chi connectivity index (χ1v) is 6.26. The molecule has 4 heteroatoms. The number of hydrogen-bond acceptors (Lipinski definition) is 2. The van der Waals surface area contributed by atoms with Crippen molar-refractivity contribution in [3.63, 3.8) is 0 Å². The molecule has 2 nitrogen and oxygen atoms in total. The van der Waals surface area contributed by atoms with E-state index in [4.69, 9.17) is 4.74 Å². The average molecular weight is 303 g/mol. The molecule has 0 radical (unpaired) electrons. The van der Waals surface area contributed by atoms with Crippen LogP contribution in [0.4, 0.5) is 4.39 Å². The van der Waals surface area contributed by atoms with Crippen LogP contribution in [0.1, 0.15) is 18.9 Å². The molecule has 0 N–H and O–H groups in total. The van der Waals surface area contributed by atoms with Gasteiger partial charge in [0, 0.05) is 31.0 Å². The fraction of sp³-hybridized carbons (Fsp3) is 0.462. The number of ketones is 1. The summed E-state index contributed by atoms with van der Waals surface area (Å²) in [5, 5.41) is 0. The van der Waals surface area contributed by atoms with E-state index in [0.717, 1.165) is 0 Å². The van der Waals surface area contributed by atoms with Crippen molar-refractivity contribution in [1.29, 1.82) is 0 Å². The summed E-state index contributed by atoms with van der Waals surface area (Å²) in [4.78, 5) is 11.7. The Morgan fingerprint density at radius 1 is 1.53 bits per heavy atom. The van der Waals surface area contributed by atoms with E-state index in [2.05, 4.69) is 15.9 Å². The van der Waals surface area contributed by atoms with Crippen LogP contribution in [0.2, 0.25) is 0 Å². The Morgan fingerprint density at radius 2 is 2.24 bits per heavy atom. The van der Waals surface area contributed by atoms with Gasteiger partial charge in [-0.2, -0.15) is 0 Å². The van der Waals surface area contributed by atoms with E-state index >= 15 is 0 Å². The van der Waals surface area contributed by atoms with Crippen LogP contribution in [0.25, 0.3) is 0 Å². The molecule has 0 spiro atoms. The quantitative estimate of drug-likeness (QED) is 0.805. The van der Waals surface area contributed by atoms with E-state index < -0.39 is 0 Å². The van der Waals surface area contributed by atoms with Crippen molar-refractivity contribution in [1.82, 2.24) is 0 Å². The molecule has 1 aromatic rings. The third kappa shape index (κ3) is 4.96. The van der Waals surface area contributed by atoms with E-state index in [1.54, 1.807) is 19.2 Å². The van der Waals surface area contributed by atoms with Crippen molar-refractivity contribution in [2.45, 2.75) is 19.8 Å². The predicted octanol–water partition coefficient (Wildman–Crippen LogP) is 3.37. The first-order valence-electron chi connectivity index (χ1n) is 5.47. The second-order valence-corrected chi connectivity index (χ2v) is 5.13. The molecule has 1 rings (SSSR count). The number of methoxy groups -OCH3 is 1. The van der Waals surface area contributed by atoms with Gasteiger partial charge in [-0.25, -0.2) is 4.39 Å². The highest BCUT2D eigenvalue weighted by Crippen LogP contribution is 2.17. The maximum Gasteiger partial charge on any atom is 0.137 e. The summed E-state index contributed by atoms with van der Waals surface area (Å²) >= 11 is 3.18. The van der Waals surface area contributed by atoms with Gasteiger partial charge in [0.05, 0.1) is 0 Å². The van der Waals surface area contributed by atoms with E-state index in [1.807, 2.05) is 6.92 Å². The van der Waals surface area contributed by atoms with Crippen LogP contribution in [0.15, 0.2) is 22.7 Å². The van der Waals surface area contributed by atoms with Crippen molar-refractivity contribution in [3.05, 3.63) is 34.1 Å². The zero-order valence-corrected chi connectivity index (χ0v) is 11.6. The number of Topliss-reactive ketones (excluding diaryl/α,β-unsaturated/α-hetero) is 1. The SMILES string of the molecule is COCC(C)CC(=O)Cc1ccc(Br)cc1F. The van der Waals surface area contributed by atoms with Crippen LogP contribution in [-0.2, 0) is 16.0 Å². The van der Waals surface area contributed by atoms with Gasteiger partial charge in [0.1, 0.15) is 11.6 Å². The largest absolute Gasteiger partial charge is 0.384 e. The molecule has 1 unspecified atom stereocenters. The molecule has 0 aromatic heterocycles.